The minimum atomic E-state index is 0. The molecule has 2 bridgehead atoms. The van der Waals surface area contributed by atoms with Crippen molar-refractivity contribution < 1.29 is 9.59 Å². The summed E-state index contributed by atoms with van der Waals surface area (Å²) in [6.45, 7) is 4.15. The minimum Gasteiger partial charge on any atom is -0.349 e. The van der Waals surface area contributed by atoms with Crippen LogP contribution in [0.15, 0.2) is 0 Å². The molecule has 8 heteroatoms. The topological polar surface area (TPSA) is 69.9 Å². The van der Waals surface area contributed by atoms with Crippen LogP contribution in [0.5, 0.6) is 0 Å². The number of halogens is 2. The Balaban J connectivity index is 0.00000182. The Kier molecular flexibility index (Phi) is 9.83. The first-order valence-electron chi connectivity index (χ1n) is 9.92. The Morgan fingerprint density at radius 2 is 1.56 bits per heavy atom. The molecule has 2 atom stereocenters. The monoisotopic (exact) mass is 422 g/mol. The van der Waals surface area contributed by atoms with Crippen LogP contribution in [0.3, 0.4) is 0 Å². The molecule has 27 heavy (non-hydrogen) atoms. The van der Waals surface area contributed by atoms with Crippen LogP contribution in [0, 0.1) is 17.8 Å². The number of rotatable bonds is 4. The highest BCUT2D eigenvalue weighted by Crippen LogP contribution is 2.42. The summed E-state index contributed by atoms with van der Waals surface area (Å²) in [5.74, 6) is 1.83. The molecule has 1 aliphatic heterocycles. The van der Waals surface area contributed by atoms with Gasteiger partial charge in [0.15, 0.2) is 0 Å². The van der Waals surface area contributed by atoms with E-state index in [0.717, 1.165) is 45.6 Å². The molecule has 0 spiro atoms. The van der Waals surface area contributed by atoms with E-state index in [0.29, 0.717) is 30.2 Å². The molecule has 2 saturated carbocycles. The molecule has 0 aromatic rings. The summed E-state index contributed by atoms with van der Waals surface area (Å²) < 4.78 is 0. The smallest absolute Gasteiger partial charge is 0.225 e. The van der Waals surface area contributed by atoms with Crippen molar-refractivity contribution in [2.45, 2.75) is 44.6 Å². The van der Waals surface area contributed by atoms with Crippen molar-refractivity contribution in [1.82, 2.24) is 14.7 Å². The molecule has 3 aliphatic rings. The van der Waals surface area contributed by atoms with Gasteiger partial charge in [-0.3, -0.25) is 14.5 Å². The highest BCUT2D eigenvalue weighted by Gasteiger charge is 2.41. The van der Waals surface area contributed by atoms with E-state index < -0.39 is 0 Å². The predicted octanol–water partition coefficient (Wildman–Crippen LogP) is 1.61. The third-order valence-electron chi connectivity index (χ3n) is 6.59. The van der Waals surface area contributed by atoms with E-state index in [4.69, 9.17) is 5.73 Å². The van der Waals surface area contributed by atoms with Crippen LogP contribution in [0.25, 0.3) is 0 Å². The number of hydrogen-bond acceptors (Lipinski definition) is 4. The van der Waals surface area contributed by atoms with Crippen LogP contribution in [0.4, 0.5) is 0 Å². The second kappa shape index (κ2) is 10.8. The number of piperazine rings is 1. The van der Waals surface area contributed by atoms with Gasteiger partial charge in [0.2, 0.25) is 11.8 Å². The molecule has 6 nitrogen and oxygen atoms in total. The Morgan fingerprint density at radius 3 is 2.07 bits per heavy atom. The van der Waals surface area contributed by atoms with Crippen LogP contribution in [0.1, 0.15) is 38.5 Å². The Morgan fingerprint density at radius 1 is 1.00 bits per heavy atom. The molecule has 3 fully saturated rings. The van der Waals surface area contributed by atoms with E-state index in [1.54, 1.807) is 19.0 Å². The second-order valence-electron chi connectivity index (χ2n) is 8.40. The summed E-state index contributed by atoms with van der Waals surface area (Å²) in [5, 5.41) is 0. The standard InChI is InChI=1S/C19H34N4O2.2ClH/c1-21(2)17(24)6-7-22-8-10-23(11-9-22)19(25)16-12-14-4-3-5-15(13-16)18(14)20;;/h14-16,18H,3-13,20H2,1-2H3;2*1H. The van der Waals surface area contributed by atoms with E-state index in [1.807, 2.05) is 0 Å². The van der Waals surface area contributed by atoms with E-state index in [2.05, 4.69) is 9.80 Å². The van der Waals surface area contributed by atoms with Gasteiger partial charge in [-0.15, -0.1) is 24.8 Å². The van der Waals surface area contributed by atoms with Crippen LogP contribution in [-0.4, -0.2) is 79.4 Å². The largest absolute Gasteiger partial charge is 0.349 e. The molecular formula is C19H36Cl2N4O2. The van der Waals surface area contributed by atoms with Gasteiger partial charge in [-0.25, -0.2) is 0 Å². The third-order valence-corrected chi connectivity index (χ3v) is 6.59. The number of hydrogen-bond donors (Lipinski definition) is 1. The highest BCUT2D eigenvalue weighted by molar-refractivity contribution is 5.85. The van der Waals surface area contributed by atoms with Crippen LogP contribution in [0.2, 0.25) is 0 Å². The number of carbonyl (C=O) groups excluding carboxylic acids is 2. The molecular weight excluding hydrogens is 387 g/mol. The van der Waals surface area contributed by atoms with Gasteiger partial charge in [0.25, 0.3) is 0 Å². The number of amides is 2. The van der Waals surface area contributed by atoms with Crippen molar-refractivity contribution in [3.05, 3.63) is 0 Å². The normalized spacial score (nSPS) is 30.7. The van der Waals surface area contributed by atoms with Gasteiger partial charge >= 0.3 is 0 Å². The lowest BCUT2D eigenvalue weighted by molar-refractivity contribution is -0.140. The number of carbonyl (C=O) groups is 2. The maximum absolute atomic E-state index is 13.0. The lowest BCUT2D eigenvalue weighted by atomic mass is 9.65. The van der Waals surface area contributed by atoms with Crippen LogP contribution < -0.4 is 5.73 Å². The zero-order chi connectivity index (χ0) is 18.0. The molecule has 2 unspecified atom stereocenters. The predicted molar refractivity (Wildman–Crippen MR) is 112 cm³/mol. The molecule has 158 valence electrons. The third kappa shape index (κ3) is 5.96. The van der Waals surface area contributed by atoms with E-state index in [1.165, 1.54) is 19.3 Å². The molecule has 2 N–H and O–H groups in total. The van der Waals surface area contributed by atoms with Gasteiger partial charge in [-0.05, 0) is 37.5 Å². The van der Waals surface area contributed by atoms with Gasteiger partial charge in [-0.2, -0.15) is 0 Å². The summed E-state index contributed by atoms with van der Waals surface area (Å²) >= 11 is 0. The molecule has 2 amide bonds. The lowest BCUT2D eigenvalue weighted by Crippen LogP contribution is -2.53. The van der Waals surface area contributed by atoms with Crippen molar-refractivity contribution in [1.29, 1.82) is 0 Å². The summed E-state index contributed by atoms with van der Waals surface area (Å²) in [4.78, 5) is 30.7. The molecule has 1 saturated heterocycles. The van der Waals surface area contributed by atoms with Gasteiger partial charge < -0.3 is 15.5 Å². The van der Waals surface area contributed by atoms with Crippen LogP contribution in [-0.2, 0) is 9.59 Å². The lowest BCUT2D eigenvalue weighted by Gasteiger charge is -2.45. The van der Waals surface area contributed by atoms with Gasteiger partial charge in [0, 0.05) is 65.2 Å². The van der Waals surface area contributed by atoms with Crippen LogP contribution >= 0.6 is 24.8 Å². The fraction of sp³-hybridized carbons (Fsp3) is 0.895. The summed E-state index contributed by atoms with van der Waals surface area (Å²) in [7, 11) is 3.59. The van der Waals surface area contributed by atoms with Gasteiger partial charge in [0.1, 0.15) is 0 Å². The molecule has 0 aromatic heterocycles. The van der Waals surface area contributed by atoms with Crippen molar-refractivity contribution in [2.75, 3.05) is 46.8 Å². The maximum Gasteiger partial charge on any atom is 0.225 e. The summed E-state index contributed by atoms with van der Waals surface area (Å²) in [6, 6.07) is 0.323. The Labute approximate surface area is 176 Å². The van der Waals surface area contributed by atoms with Crippen molar-refractivity contribution in [3.63, 3.8) is 0 Å². The fourth-order valence-corrected chi connectivity index (χ4v) is 4.92. The van der Waals surface area contributed by atoms with E-state index in [-0.39, 0.29) is 36.6 Å². The maximum atomic E-state index is 13.0. The quantitative estimate of drug-likeness (QED) is 0.746. The van der Waals surface area contributed by atoms with Crippen molar-refractivity contribution in [3.8, 4) is 0 Å². The highest BCUT2D eigenvalue weighted by atomic mass is 35.5. The molecule has 3 rings (SSSR count). The summed E-state index contributed by atoms with van der Waals surface area (Å²) in [6.07, 6.45) is 6.24. The first kappa shape index (κ1) is 24.5. The molecule has 2 aliphatic carbocycles. The average molecular weight is 423 g/mol. The first-order chi connectivity index (χ1) is 12.0. The number of nitrogens with zero attached hydrogens (tertiary/aromatic N) is 3. The SMILES string of the molecule is CN(C)C(=O)CCN1CCN(C(=O)C2CC3CCCC(C2)C3N)CC1.Cl.Cl. The minimum absolute atomic E-state index is 0. The average Bonchev–Trinajstić information content (AvgIpc) is 2.59. The fourth-order valence-electron chi connectivity index (χ4n) is 4.92. The second-order valence-corrected chi connectivity index (χ2v) is 8.40. The zero-order valence-electron chi connectivity index (χ0n) is 16.6. The van der Waals surface area contributed by atoms with Crippen molar-refractivity contribution >= 4 is 36.6 Å². The number of nitrogens with two attached hydrogens (primary N) is 1. The van der Waals surface area contributed by atoms with Gasteiger partial charge in [-0.1, -0.05) is 6.42 Å². The number of fused-ring (bicyclic) bond motifs is 2. The zero-order valence-corrected chi connectivity index (χ0v) is 18.3. The van der Waals surface area contributed by atoms with E-state index >= 15 is 0 Å². The van der Waals surface area contributed by atoms with E-state index in [9.17, 15) is 9.59 Å². The molecule has 1 heterocycles. The van der Waals surface area contributed by atoms with Crippen molar-refractivity contribution in [2.24, 2.45) is 23.5 Å². The molecule has 0 radical (unpaired) electrons. The Hall–Kier alpha value is -0.560. The first-order valence-corrected chi connectivity index (χ1v) is 9.92. The molecule has 0 aromatic carbocycles. The van der Waals surface area contributed by atoms with Gasteiger partial charge in [0.05, 0.1) is 0 Å². The summed E-state index contributed by atoms with van der Waals surface area (Å²) in [5.41, 5.74) is 6.36. The Bertz CT molecular complexity index is 484.